The Morgan fingerprint density at radius 2 is 1.97 bits per heavy atom. The molecule has 0 bridgehead atoms. The molecule has 2 rings (SSSR count). The number of aryl methyl sites for hydroxylation is 2. The van der Waals surface area contributed by atoms with Gasteiger partial charge in [-0.15, -0.1) is 22.7 Å². The van der Waals surface area contributed by atoms with E-state index in [4.69, 9.17) is 5.73 Å². The van der Waals surface area contributed by atoms with Gasteiger partial charge in [-0.25, -0.2) is 18.1 Å². The lowest BCUT2D eigenvalue weighted by atomic mass is 10.0. The van der Waals surface area contributed by atoms with Crippen molar-refractivity contribution in [2.24, 2.45) is 16.6 Å². The molecule has 0 radical (unpaired) electrons. The van der Waals surface area contributed by atoms with Crippen LogP contribution in [0.1, 0.15) is 49.1 Å². The summed E-state index contributed by atoms with van der Waals surface area (Å²) >= 11 is 6.79. The number of hydrogen-bond acceptors (Lipinski definition) is 7. The van der Waals surface area contributed by atoms with Gasteiger partial charge < -0.3 is 10.8 Å². The van der Waals surface area contributed by atoms with Gasteiger partial charge in [0.2, 0.25) is 5.84 Å². The second-order valence-corrected chi connectivity index (χ2v) is 12.1. The lowest BCUT2D eigenvalue weighted by molar-refractivity contribution is -0.518. The van der Waals surface area contributed by atoms with Crippen molar-refractivity contribution in [3.63, 3.8) is 0 Å². The van der Waals surface area contributed by atoms with Gasteiger partial charge in [-0.1, -0.05) is 27.7 Å². The molecule has 0 aromatic carbocycles. The first kappa shape index (κ1) is 26.7. The van der Waals surface area contributed by atoms with Crippen molar-refractivity contribution < 1.29 is 18.5 Å². The molecule has 8 nitrogen and oxygen atoms in total. The molecule has 0 aliphatic carbocycles. The number of thiophene rings is 2. The molecule has 0 saturated heterocycles. The van der Waals surface area contributed by atoms with Gasteiger partial charge in [-0.05, 0) is 31.4 Å². The van der Waals surface area contributed by atoms with Gasteiger partial charge in [-0.3, -0.25) is 4.99 Å². The third kappa shape index (κ3) is 5.66. The highest BCUT2D eigenvalue weighted by atomic mass is 32.2. The van der Waals surface area contributed by atoms with Crippen LogP contribution in [0.25, 0.3) is 0 Å². The fourth-order valence-corrected chi connectivity index (χ4v) is 7.35. The van der Waals surface area contributed by atoms with Crippen LogP contribution >= 0.6 is 35.5 Å². The van der Waals surface area contributed by atoms with Crippen molar-refractivity contribution in [3.05, 3.63) is 26.8 Å². The van der Waals surface area contributed by atoms with Crippen LogP contribution in [-0.4, -0.2) is 42.6 Å². The van der Waals surface area contributed by atoms with E-state index in [0.717, 1.165) is 16.2 Å². The molecule has 0 aliphatic heterocycles. The summed E-state index contributed by atoms with van der Waals surface area (Å²) in [6.07, 6.45) is 0. The molecule has 0 amide bonds. The molecule has 32 heavy (non-hydrogen) atoms. The van der Waals surface area contributed by atoms with Crippen LogP contribution < -0.4 is 15.4 Å². The van der Waals surface area contributed by atoms with E-state index in [-0.39, 0.29) is 27.7 Å². The van der Waals surface area contributed by atoms with Crippen molar-refractivity contribution in [1.29, 1.82) is 0 Å². The second-order valence-electron chi connectivity index (χ2n) is 7.58. The Bertz CT molecular complexity index is 1080. The predicted octanol–water partition coefficient (Wildman–Crippen LogP) is 2.46. The molecular formula is C20H32N5O3S4+. The minimum Gasteiger partial charge on any atom is -0.504 e. The number of amidine groups is 2. The topological polar surface area (TPSA) is 122 Å². The monoisotopic (exact) mass is 518 g/mol. The van der Waals surface area contributed by atoms with Crippen LogP contribution in [0, 0.1) is 19.8 Å². The lowest BCUT2D eigenvalue weighted by Gasteiger charge is -2.17. The van der Waals surface area contributed by atoms with Crippen LogP contribution in [0.15, 0.2) is 20.6 Å². The fourth-order valence-electron chi connectivity index (χ4n) is 3.09. The molecule has 0 saturated carbocycles. The van der Waals surface area contributed by atoms with Crippen LogP contribution in [0.2, 0.25) is 0 Å². The molecule has 0 aliphatic rings. The Morgan fingerprint density at radius 1 is 1.34 bits per heavy atom. The Labute approximate surface area is 203 Å². The van der Waals surface area contributed by atoms with E-state index in [1.54, 1.807) is 25.2 Å². The summed E-state index contributed by atoms with van der Waals surface area (Å²) in [5.74, 6) is 0.260. The zero-order chi connectivity index (χ0) is 24.2. The first-order valence-electron chi connectivity index (χ1n) is 10.2. The molecule has 5 N–H and O–H groups in total. The van der Waals surface area contributed by atoms with Gasteiger partial charge in [0, 0.05) is 41.0 Å². The Kier molecular flexibility index (Phi) is 9.17. The average molecular weight is 519 g/mol. The average Bonchev–Trinajstić information content (AvgIpc) is 3.25. The Hall–Kier alpha value is -1.60. The molecule has 12 heteroatoms. The minimum atomic E-state index is -3.80. The zero-order valence-electron chi connectivity index (χ0n) is 19.1. The minimum absolute atomic E-state index is 0.0366. The van der Waals surface area contributed by atoms with E-state index in [1.165, 1.54) is 20.1 Å². The summed E-state index contributed by atoms with van der Waals surface area (Å²) in [6, 6.07) is 2.11. The molecular weight excluding hydrogens is 487 g/mol. The van der Waals surface area contributed by atoms with Gasteiger partial charge in [0.1, 0.15) is 11.7 Å². The third-order valence-electron chi connectivity index (χ3n) is 5.06. The maximum absolute atomic E-state index is 12.8. The van der Waals surface area contributed by atoms with Crippen molar-refractivity contribution >= 4 is 62.9 Å². The van der Waals surface area contributed by atoms with Gasteiger partial charge in [0.05, 0.1) is 0 Å². The van der Waals surface area contributed by atoms with E-state index in [1.807, 2.05) is 0 Å². The lowest BCUT2D eigenvalue weighted by Crippen LogP contribution is -2.80. The maximum atomic E-state index is 12.8. The SMILES string of the molecule is CCN(CC)S(=O)(=O)c1scc(N=C(N)C(NS)=[NH+][C@@H](c2cc(C)c(C)s2)C(C)C)c1O. The number of nitrogens with zero attached hydrogens (tertiary/aromatic N) is 2. The first-order chi connectivity index (χ1) is 15.0. The number of sulfonamides is 1. The molecule has 1 atom stereocenters. The van der Waals surface area contributed by atoms with E-state index in [2.05, 4.69) is 61.3 Å². The van der Waals surface area contributed by atoms with E-state index < -0.39 is 15.8 Å². The summed E-state index contributed by atoms with van der Waals surface area (Å²) in [7, 11) is -3.80. The highest BCUT2D eigenvalue weighted by Gasteiger charge is 2.29. The smallest absolute Gasteiger partial charge is 0.322 e. The first-order valence-corrected chi connectivity index (χ1v) is 13.8. The number of thiol groups is 1. The van der Waals surface area contributed by atoms with Gasteiger partial charge in [0.25, 0.3) is 10.0 Å². The molecule has 178 valence electrons. The number of nitrogens with one attached hydrogen (secondary N) is 2. The molecule has 2 heterocycles. The van der Waals surface area contributed by atoms with Crippen LogP contribution in [0.3, 0.4) is 0 Å². The van der Waals surface area contributed by atoms with Gasteiger partial charge in [-0.2, -0.15) is 4.31 Å². The highest BCUT2D eigenvalue weighted by Crippen LogP contribution is 2.40. The fraction of sp³-hybridized carbons (Fsp3) is 0.500. The maximum Gasteiger partial charge on any atom is 0.322 e. The Balaban J connectivity index is 2.45. The van der Waals surface area contributed by atoms with Crippen molar-refractivity contribution in [2.75, 3.05) is 13.1 Å². The van der Waals surface area contributed by atoms with Crippen molar-refractivity contribution in [3.8, 4) is 5.75 Å². The van der Waals surface area contributed by atoms with Crippen molar-refractivity contribution in [2.45, 2.75) is 51.8 Å². The van der Waals surface area contributed by atoms with Gasteiger partial charge in [0.15, 0.2) is 9.96 Å². The van der Waals surface area contributed by atoms with Crippen LogP contribution in [-0.2, 0) is 10.0 Å². The summed E-state index contributed by atoms with van der Waals surface area (Å²) in [5, 5.41) is 12.0. The largest absolute Gasteiger partial charge is 0.504 e. The van der Waals surface area contributed by atoms with Gasteiger partial charge >= 0.3 is 5.84 Å². The number of rotatable bonds is 8. The van der Waals surface area contributed by atoms with Crippen LogP contribution in [0.5, 0.6) is 5.75 Å². The quantitative estimate of drug-likeness (QED) is 0.209. The third-order valence-corrected chi connectivity index (χ3v) is 10.0. The second kappa shape index (κ2) is 11.0. The highest BCUT2D eigenvalue weighted by molar-refractivity contribution is 7.91. The number of hydrogen-bond donors (Lipinski definition) is 5. The molecule has 2 aromatic heterocycles. The van der Waals surface area contributed by atoms with E-state index >= 15 is 0 Å². The molecule has 0 unspecified atom stereocenters. The molecule has 0 spiro atoms. The van der Waals surface area contributed by atoms with E-state index in [9.17, 15) is 13.5 Å². The Morgan fingerprint density at radius 3 is 2.44 bits per heavy atom. The zero-order valence-corrected chi connectivity index (χ0v) is 22.5. The summed E-state index contributed by atoms with van der Waals surface area (Å²) in [6.45, 7) is 12.5. The predicted molar refractivity (Wildman–Crippen MR) is 137 cm³/mol. The van der Waals surface area contributed by atoms with Crippen molar-refractivity contribution in [1.82, 2.24) is 9.03 Å². The summed E-state index contributed by atoms with van der Waals surface area (Å²) in [5.41, 5.74) is 7.51. The normalized spacial score (nSPS) is 14.4. The standard InChI is InChI=1S/C20H31N5O3S4/c1-7-25(8-2)32(27,28)20-17(26)14(10-30-20)22-18(21)19(24-29)23-16(11(3)4)15-9-12(5)13(6)31-15/h9-11,16,26,29H,7-8H2,1-6H3,(H2,21,22)(H,23,24)/p+1/t16-/m1/s1. The molecule has 0 fully saturated rings. The van der Waals surface area contributed by atoms with E-state index in [0.29, 0.717) is 18.9 Å². The molecule has 2 aromatic rings. The summed E-state index contributed by atoms with van der Waals surface area (Å²) in [4.78, 5) is 10.0. The summed E-state index contributed by atoms with van der Waals surface area (Å²) < 4.78 is 29.4. The number of aromatic hydroxyl groups is 1. The number of aliphatic imine (C=N–C) groups is 1. The van der Waals surface area contributed by atoms with Crippen LogP contribution in [0.4, 0.5) is 5.69 Å². The number of nitrogens with two attached hydrogens (primary N) is 1.